The average molecular weight is 233 g/mol. The van der Waals surface area contributed by atoms with E-state index in [1.54, 1.807) is 12.1 Å². The van der Waals surface area contributed by atoms with Crippen molar-refractivity contribution in [2.45, 2.75) is 19.8 Å². The lowest BCUT2D eigenvalue weighted by atomic mass is 10.1. The number of hydrogen-bond donors (Lipinski definition) is 0. The zero-order valence-corrected chi connectivity index (χ0v) is 9.81. The fourth-order valence-corrected chi connectivity index (χ4v) is 1.77. The normalized spacial score (nSPS) is 15.8. The summed E-state index contributed by atoms with van der Waals surface area (Å²) in [4.78, 5) is 24.4. The van der Waals surface area contributed by atoms with E-state index in [-0.39, 0.29) is 12.3 Å². The van der Waals surface area contributed by atoms with E-state index in [4.69, 9.17) is 4.74 Å². The van der Waals surface area contributed by atoms with Crippen LogP contribution < -0.4 is 4.74 Å². The van der Waals surface area contributed by atoms with Crippen LogP contribution in [-0.4, -0.2) is 29.9 Å². The van der Waals surface area contributed by atoms with Gasteiger partial charge in [0.05, 0.1) is 6.54 Å². The van der Waals surface area contributed by atoms with Gasteiger partial charge in [-0.15, -0.1) is 0 Å². The Balaban J connectivity index is 1.96. The zero-order chi connectivity index (χ0) is 12.3. The zero-order valence-electron chi connectivity index (χ0n) is 9.81. The molecule has 0 unspecified atom stereocenters. The van der Waals surface area contributed by atoms with Crippen molar-refractivity contribution >= 4 is 11.9 Å². The Morgan fingerprint density at radius 2 is 2.00 bits per heavy atom. The summed E-state index contributed by atoms with van der Waals surface area (Å²) >= 11 is 0. The predicted molar refractivity (Wildman–Crippen MR) is 63.0 cm³/mol. The Bertz CT molecular complexity index is 425. The van der Waals surface area contributed by atoms with Gasteiger partial charge in [0.25, 0.3) is 0 Å². The van der Waals surface area contributed by atoms with Crippen molar-refractivity contribution in [2.24, 2.45) is 0 Å². The van der Waals surface area contributed by atoms with Crippen molar-refractivity contribution in [2.75, 3.05) is 13.1 Å². The van der Waals surface area contributed by atoms with E-state index in [2.05, 4.69) is 0 Å². The summed E-state index contributed by atoms with van der Waals surface area (Å²) < 4.78 is 5.19. The quantitative estimate of drug-likeness (QED) is 0.746. The summed E-state index contributed by atoms with van der Waals surface area (Å²) in [5.74, 6) is 0.607. The van der Waals surface area contributed by atoms with Crippen molar-refractivity contribution in [1.82, 2.24) is 4.90 Å². The highest BCUT2D eigenvalue weighted by molar-refractivity contribution is 5.85. The number of hydrogen-bond acceptors (Lipinski definition) is 3. The van der Waals surface area contributed by atoms with Gasteiger partial charge < -0.3 is 9.64 Å². The van der Waals surface area contributed by atoms with Gasteiger partial charge in [-0.1, -0.05) is 17.7 Å². The van der Waals surface area contributed by atoms with E-state index in [1.807, 2.05) is 19.1 Å². The third kappa shape index (κ3) is 3.06. The number of nitrogens with zero attached hydrogens (tertiary/aromatic N) is 1. The lowest BCUT2D eigenvalue weighted by Crippen LogP contribution is -2.41. The molecule has 1 fully saturated rings. The molecule has 4 heteroatoms. The first-order valence-electron chi connectivity index (χ1n) is 5.70. The second kappa shape index (κ2) is 4.99. The molecule has 4 nitrogen and oxygen atoms in total. The maximum atomic E-state index is 11.7. The van der Waals surface area contributed by atoms with Crippen LogP contribution in [-0.2, 0) is 4.79 Å². The summed E-state index contributed by atoms with van der Waals surface area (Å²) in [7, 11) is 0. The van der Waals surface area contributed by atoms with Crippen molar-refractivity contribution < 1.29 is 14.3 Å². The van der Waals surface area contributed by atoms with Gasteiger partial charge in [0.1, 0.15) is 5.75 Å². The molecule has 0 aromatic heterocycles. The fraction of sp³-hybridized carbons (Fsp3) is 0.385. The Hall–Kier alpha value is -1.84. The Labute approximate surface area is 100 Å². The van der Waals surface area contributed by atoms with Gasteiger partial charge >= 0.3 is 6.09 Å². The molecule has 1 aliphatic heterocycles. The number of likely N-dealkylation sites (tertiary alicyclic amines) is 1. The molecular formula is C13H15NO3. The fourth-order valence-electron chi connectivity index (χ4n) is 1.77. The largest absolute Gasteiger partial charge is 0.415 e. The molecule has 0 aliphatic carbocycles. The molecule has 0 saturated carbocycles. The van der Waals surface area contributed by atoms with Crippen molar-refractivity contribution in [3.05, 3.63) is 29.8 Å². The van der Waals surface area contributed by atoms with E-state index in [9.17, 15) is 9.59 Å². The van der Waals surface area contributed by atoms with Gasteiger partial charge in [-0.25, -0.2) is 4.79 Å². The third-order valence-electron chi connectivity index (χ3n) is 2.74. The van der Waals surface area contributed by atoms with Crippen LogP contribution in [0.3, 0.4) is 0 Å². The van der Waals surface area contributed by atoms with Gasteiger partial charge in [0.15, 0.2) is 5.78 Å². The molecule has 0 N–H and O–H groups in total. The number of amides is 1. The topological polar surface area (TPSA) is 46.6 Å². The van der Waals surface area contributed by atoms with Crippen LogP contribution in [0.15, 0.2) is 24.3 Å². The highest BCUT2D eigenvalue weighted by Gasteiger charge is 2.22. The molecule has 90 valence electrons. The maximum absolute atomic E-state index is 11.7. The van der Waals surface area contributed by atoms with Crippen LogP contribution in [0.25, 0.3) is 0 Å². The van der Waals surface area contributed by atoms with Gasteiger partial charge in [0.2, 0.25) is 0 Å². The van der Waals surface area contributed by atoms with E-state index >= 15 is 0 Å². The average Bonchev–Trinajstić information content (AvgIpc) is 2.32. The monoisotopic (exact) mass is 233 g/mol. The minimum atomic E-state index is -0.443. The highest BCUT2D eigenvalue weighted by atomic mass is 16.6. The van der Waals surface area contributed by atoms with Gasteiger partial charge in [0, 0.05) is 13.0 Å². The molecule has 1 aliphatic rings. The molecule has 1 aromatic carbocycles. The molecule has 1 amide bonds. The molecule has 0 atom stereocenters. The van der Waals surface area contributed by atoms with E-state index in [0.717, 1.165) is 12.0 Å². The lowest BCUT2D eigenvalue weighted by molar-refractivity contribution is -0.121. The molecule has 1 saturated heterocycles. The number of rotatable bonds is 1. The summed E-state index contributed by atoms with van der Waals surface area (Å²) in [6.07, 6.45) is 0.845. The highest BCUT2D eigenvalue weighted by Crippen LogP contribution is 2.14. The summed E-state index contributed by atoms with van der Waals surface area (Å²) in [5, 5.41) is 0. The molecule has 1 aromatic rings. The minimum absolute atomic E-state index is 0.0945. The summed E-state index contributed by atoms with van der Waals surface area (Å²) in [5.41, 5.74) is 1.11. The SMILES string of the molecule is Cc1ccc(OC(=O)N2CCCC(=O)C2)cc1. The third-order valence-corrected chi connectivity index (χ3v) is 2.74. The first-order valence-corrected chi connectivity index (χ1v) is 5.70. The standard InChI is InChI=1S/C13H15NO3/c1-10-4-6-12(7-5-10)17-13(16)14-8-2-3-11(15)9-14/h4-7H,2-3,8-9H2,1H3. The number of ketones is 1. The molecule has 0 spiro atoms. The molecule has 2 rings (SSSR count). The second-order valence-electron chi connectivity index (χ2n) is 4.24. The molecule has 17 heavy (non-hydrogen) atoms. The molecule has 0 bridgehead atoms. The number of piperidine rings is 1. The van der Waals surface area contributed by atoms with Crippen LogP contribution in [0.2, 0.25) is 0 Å². The van der Waals surface area contributed by atoms with Crippen molar-refractivity contribution in [1.29, 1.82) is 0 Å². The number of ether oxygens (including phenoxy) is 1. The second-order valence-corrected chi connectivity index (χ2v) is 4.24. The smallest absolute Gasteiger partial charge is 0.410 e. The van der Waals surface area contributed by atoms with Crippen LogP contribution in [0.5, 0.6) is 5.75 Å². The number of carbonyl (C=O) groups is 2. The first-order chi connectivity index (χ1) is 8.15. The van der Waals surface area contributed by atoms with Crippen LogP contribution in [0.4, 0.5) is 4.79 Å². The Morgan fingerprint density at radius 3 is 2.65 bits per heavy atom. The summed E-state index contributed by atoms with van der Waals surface area (Å²) in [6.45, 7) is 2.73. The maximum Gasteiger partial charge on any atom is 0.415 e. The Kier molecular flexibility index (Phi) is 3.42. The Morgan fingerprint density at radius 1 is 1.29 bits per heavy atom. The molecule has 1 heterocycles. The summed E-state index contributed by atoms with van der Waals surface area (Å²) in [6, 6.07) is 7.26. The van der Waals surface area contributed by atoms with Crippen LogP contribution in [0.1, 0.15) is 18.4 Å². The van der Waals surface area contributed by atoms with Crippen LogP contribution >= 0.6 is 0 Å². The van der Waals surface area contributed by atoms with E-state index in [0.29, 0.717) is 18.7 Å². The minimum Gasteiger partial charge on any atom is -0.410 e. The molecular weight excluding hydrogens is 218 g/mol. The number of Topliss-reactive ketones (excluding diaryl/α,β-unsaturated/α-hetero) is 1. The lowest BCUT2D eigenvalue weighted by Gasteiger charge is -2.24. The van der Waals surface area contributed by atoms with E-state index < -0.39 is 6.09 Å². The number of aryl methyl sites for hydroxylation is 1. The van der Waals surface area contributed by atoms with Crippen molar-refractivity contribution in [3.8, 4) is 5.75 Å². The van der Waals surface area contributed by atoms with Gasteiger partial charge in [-0.3, -0.25) is 4.79 Å². The van der Waals surface area contributed by atoms with Gasteiger partial charge in [-0.2, -0.15) is 0 Å². The van der Waals surface area contributed by atoms with E-state index in [1.165, 1.54) is 4.90 Å². The molecule has 0 radical (unpaired) electrons. The van der Waals surface area contributed by atoms with Gasteiger partial charge in [-0.05, 0) is 25.5 Å². The van der Waals surface area contributed by atoms with Crippen LogP contribution in [0, 0.1) is 6.92 Å². The first kappa shape index (κ1) is 11.6. The number of benzene rings is 1. The van der Waals surface area contributed by atoms with Crippen molar-refractivity contribution in [3.63, 3.8) is 0 Å². The predicted octanol–water partition coefficient (Wildman–Crippen LogP) is 2.16. The number of carbonyl (C=O) groups excluding carboxylic acids is 2.